The highest BCUT2D eigenvalue weighted by Crippen LogP contribution is 2.19. The normalized spacial score (nSPS) is 11.3. The highest BCUT2D eigenvalue weighted by atomic mass is 16.1. The molecule has 2 N–H and O–H groups in total. The molecule has 0 aliphatic rings. The number of nitrogens with zero attached hydrogens (tertiary/aromatic N) is 3. The summed E-state index contributed by atoms with van der Waals surface area (Å²) >= 11 is 0. The topological polar surface area (TPSA) is 90.7 Å². The maximum atomic E-state index is 12.6. The fourth-order valence-corrected chi connectivity index (χ4v) is 2.67. The molecule has 6 heteroatoms. The number of rotatable bonds is 5. The van der Waals surface area contributed by atoms with Gasteiger partial charge in [0.2, 0.25) is 0 Å². The summed E-state index contributed by atoms with van der Waals surface area (Å²) in [6.07, 6.45) is 0. The second kappa shape index (κ2) is 8.11. The van der Waals surface area contributed by atoms with Crippen LogP contribution >= 0.6 is 0 Å². The van der Waals surface area contributed by atoms with Crippen LogP contribution in [0.25, 0.3) is 0 Å². The summed E-state index contributed by atoms with van der Waals surface area (Å²) in [5.41, 5.74) is 2.40. The third kappa shape index (κ3) is 4.67. The Hall–Kier alpha value is -3.72. The van der Waals surface area contributed by atoms with Gasteiger partial charge in [0, 0.05) is 17.8 Å². The van der Waals surface area contributed by atoms with Crippen LogP contribution in [0, 0.1) is 18.3 Å². The van der Waals surface area contributed by atoms with Crippen LogP contribution in [0.2, 0.25) is 0 Å². The first-order chi connectivity index (χ1) is 13.0. The lowest BCUT2D eigenvalue weighted by Gasteiger charge is -2.16. The van der Waals surface area contributed by atoms with E-state index >= 15 is 0 Å². The molecular weight excluding hydrogens is 338 g/mol. The quantitative estimate of drug-likeness (QED) is 0.718. The maximum Gasteiger partial charge on any atom is 0.274 e. The lowest BCUT2D eigenvalue weighted by molar-refractivity contribution is 0.102. The number of benzene rings is 2. The fraction of sp³-hybridized carbons (Fsp3) is 0.143. The average molecular weight is 357 g/mol. The molecule has 0 bridgehead atoms. The highest BCUT2D eigenvalue weighted by Gasteiger charge is 2.13. The van der Waals surface area contributed by atoms with Crippen LogP contribution in [0.1, 0.15) is 40.4 Å². The molecule has 0 fully saturated rings. The zero-order chi connectivity index (χ0) is 19.2. The molecule has 3 aromatic rings. The first-order valence-corrected chi connectivity index (χ1v) is 8.54. The van der Waals surface area contributed by atoms with E-state index < -0.39 is 0 Å². The second-order valence-corrected chi connectivity index (χ2v) is 6.11. The number of hydrogen-bond donors (Lipinski definition) is 2. The van der Waals surface area contributed by atoms with Crippen molar-refractivity contribution in [3.05, 3.63) is 83.3 Å². The molecule has 0 aliphatic heterocycles. The zero-order valence-corrected chi connectivity index (χ0v) is 15.1. The Labute approximate surface area is 157 Å². The summed E-state index contributed by atoms with van der Waals surface area (Å²) in [6.45, 7) is 3.77. The molecule has 1 amide bonds. The van der Waals surface area contributed by atoms with Gasteiger partial charge in [-0.1, -0.05) is 36.4 Å². The maximum absolute atomic E-state index is 12.6. The van der Waals surface area contributed by atoms with Crippen molar-refractivity contribution in [1.82, 2.24) is 9.97 Å². The van der Waals surface area contributed by atoms with E-state index in [0.29, 0.717) is 22.9 Å². The minimum absolute atomic E-state index is 0.0312. The first kappa shape index (κ1) is 18.1. The number of hydrogen-bond acceptors (Lipinski definition) is 5. The monoisotopic (exact) mass is 357 g/mol. The predicted molar refractivity (Wildman–Crippen MR) is 104 cm³/mol. The summed E-state index contributed by atoms with van der Waals surface area (Å²) < 4.78 is 0. The Bertz CT molecular complexity index is 995. The van der Waals surface area contributed by atoms with Gasteiger partial charge in [0.25, 0.3) is 5.91 Å². The summed E-state index contributed by atoms with van der Waals surface area (Å²) in [7, 11) is 0. The number of anilines is 2. The van der Waals surface area contributed by atoms with E-state index in [1.807, 2.05) is 43.3 Å². The van der Waals surface area contributed by atoms with Crippen molar-refractivity contribution >= 4 is 17.4 Å². The van der Waals surface area contributed by atoms with Crippen LogP contribution in [0.3, 0.4) is 0 Å². The van der Waals surface area contributed by atoms with Gasteiger partial charge in [-0.2, -0.15) is 5.26 Å². The lowest BCUT2D eigenvalue weighted by atomic mass is 10.1. The largest absolute Gasteiger partial charge is 0.363 e. The standard InChI is InChI=1S/C21H19N5O/c1-14(17-8-4-3-5-9-17)23-20-12-19(24-15(2)25-20)21(27)26-18-10-6-7-16(11-18)13-22/h3-12,14H,1-2H3,(H,26,27)(H,23,24,25). The van der Waals surface area contributed by atoms with Crippen molar-refractivity contribution in [3.63, 3.8) is 0 Å². The van der Waals surface area contributed by atoms with E-state index in [1.54, 1.807) is 37.3 Å². The Morgan fingerprint density at radius 2 is 1.85 bits per heavy atom. The van der Waals surface area contributed by atoms with Gasteiger partial charge >= 0.3 is 0 Å². The number of amides is 1. The van der Waals surface area contributed by atoms with Crippen molar-refractivity contribution in [2.75, 3.05) is 10.6 Å². The molecule has 1 heterocycles. The van der Waals surface area contributed by atoms with Crippen LogP contribution in [-0.2, 0) is 0 Å². The van der Waals surface area contributed by atoms with Crippen molar-refractivity contribution < 1.29 is 4.79 Å². The summed E-state index contributed by atoms with van der Waals surface area (Å²) in [4.78, 5) is 21.2. The second-order valence-electron chi connectivity index (χ2n) is 6.11. The number of nitrogens with one attached hydrogen (secondary N) is 2. The SMILES string of the molecule is Cc1nc(NC(C)c2ccccc2)cc(C(=O)Nc2cccc(C#N)c2)n1. The van der Waals surface area contributed by atoms with Crippen LogP contribution < -0.4 is 10.6 Å². The molecule has 1 atom stereocenters. The molecule has 1 aromatic heterocycles. The van der Waals surface area contributed by atoms with Gasteiger partial charge < -0.3 is 10.6 Å². The van der Waals surface area contributed by atoms with E-state index in [-0.39, 0.29) is 17.6 Å². The van der Waals surface area contributed by atoms with Gasteiger partial charge in [-0.05, 0) is 37.6 Å². The Morgan fingerprint density at radius 3 is 2.59 bits per heavy atom. The smallest absolute Gasteiger partial charge is 0.274 e. The average Bonchev–Trinajstić information content (AvgIpc) is 2.68. The van der Waals surface area contributed by atoms with Crippen molar-refractivity contribution in [3.8, 4) is 6.07 Å². The summed E-state index contributed by atoms with van der Waals surface area (Å²) in [6, 6.07) is 20.4. The van der Waals surface area contributed by atoms with Crippen LogP contribution in [0.4, 0.5) is 11.5 Å². The van der Waals surface area contributed by atoms with Gasteiger partial charge in [0.15, 0.2) is 0 Å². The molecule has 0 saturated heterocycles. The molecular formula is C21H19N5O. The number of carbonyl (C=O) groups excluding carboxylic acids is 1. The Morgan fingerprint density at radius 1 is 1.07 bits per heavy atom. The number of aromatic nitrogens is 2. The first-order valence-electron chi connectivity index (χ1n) is 8.54. The van der Waals surface area contributed by atoms with Crippen LogP contribution in [0.5, 0.6) is 0 Å². The number of carbonyl (C=O) groups is 1. The predicted octanol–water partition coefficient (Wildman–Crippen LogP) is 4.08. The van der Waals surface area contributed by atoms with Crippen molar-refractivity contribution in [2.45, 2.75) is 19.9 Å². The van der Waals surface area contributed by atoms with E-state index in [4.69, 9.17) is 5.26 Å². The third-order valence-corrected chi connectivity index (χ3v) is 3.98. The highest BCUT2D eigenvalue weighted by molar-refractivity contribution is 6.03. The van der Waals surface area contributed by atoms with Gasteiger partial charge in [-0.3, -0.25) is 4.79 Å². The molecule has 0 aliphatic carbocycles. The van der Waals surface area contributed by atoms with Crippen molar-refractivity contribution in [1.29, 1.82) is 5.26 Å². The molecule has 1 unspecified atom stereocenters. The molecule has 27 heavy (non-hydrogen) atoms. The third-order valence-electron chi connectivity index (χ3n) is 3.98. The summed E-state index contributed by atoms with van der Waals surface area (Å²) in [5, 5.41) is 15.0. The van der Waals surface area contributed by atoms with Gasteiger partial charge in [-0.15, -0.1) is 0 Å². The van der Waals surface area contributed by atoms with Gasteiger partial charge in [0.05, 0.1) is 11.6 Å². The fourth-order valence-electron chi connectivity index (χ4n) is 2.67. The van der Waals surface area contributed by atoms with Gasteiger partial charge in [0.1, 0.15) is 17.3 Å². The van der Waals surface area contributed by atoms with Crippen LogP contribution in [0.15, 0.2) is 60.7 Å². The van der Waals surface area contributed by atoms with Crippen molar-refractivity contribution in [2.24, 2.45) is 0 Å². The number of nitriles is 1. The van der Waals surface area contributed by atoms with Crippen LogP contribution in [-0.4, -0.2) is 15.9 Å². The Kier molecular flexibility index (Phi) is 5.43. The minimum Gasteiger partial charge on any atom is -0.363 e. The van der Waals surface area contributed by atoms with E-state index in [1.165, 1.54) is 0 Å². The van der Waals surface area contributed by atoms with E-state index in [9.17, 15) is 4.79 Å². The Balaban J connectivity index is 1.78. The molecule has 0 saturated carbocycles. The zero-order valence-electron chi connectivity index (χ0n) is 15.1. The summed E-state index contributed by atoms with van der Waals surface area (Å²) in [5.74, 6) is 0.719. The molecule has 0 spiro atoms. The lowest BCUT2D eigenvalue weighted by Crippen LogP contribution is -2.16. The molecule has 2 aromatic carbocycles. The molecule has 134 valence electrons. The molecule has 3 rings (SSSR count). The molecule has 0 radical (unpaired) electrons. The van der Waals surface area contributed by atoms with Gasteiger partial charge in [-0.25, -0.2) is 9.97 Å². The van der Waals surface area contributed by atoms with E-state index in [2.05, 4.69) is 20.6 Å². The number of aryl methyl sites for hydroxylation is 1. The minimum atomic E-state index is -0.356. The molecule has 6 nitrogen and oxygen atoms in total. The van der Waals surface area contributed by atoms with E-state index in [0.717, 1.165) is 5.56 Å².